The first-order valence-electron chi connectivity index (χ1n) is 6.18. The van der Waals surface area contributed by atoms with Crippen molar-refractivity contribution >= 4 is 11.5 Å². The molecular formula is C14H19NO. The summed E-state index contributed by atoms with van der Waals surface area (Å²) in [5.74, 6) is 0.576. The van der Waals surface area contributed by atoms with Gasteiger partial charge < -0.3 is 5.32 Å². The van der Waals surface area contributed by atoms with Crippen molar-refractivity contribution in [2.45, 2.75) is 38.5 Å². The van der Waals surface area contributed by atoms with Crippen LogP contribution in [0, 0.1) is 0 Å². The van der Waals surface area contributed by atoms with Crippen molar-refractivity contribution in [2.24, 2.45) is 0 Å². The van der Waals surface area contributed by atoms with Crippen molar-refractivity contribution in [1.82, 2.24) is 0 Å². The molecule has 0 spiro atoms. The van der Waals surface area contributed by atoms with Gasteiger partial charge in [-0.2, -0.15) is 0 Å². The van der Waals surface area contributed by atoms with Crippen molar-refractivity contribution in [3.63, 3.8) is 0 Å². The van der Waals surface area contributed by atoms with Crippen molar-refractivity contribution in [2.75, 3.05) is 11.9 Å². The van der Waals surface area contributed by atoms with E-state index >= 15 is 0 Å². The van der Waals surface area contributed by atoms with E-state index in [1.54, 1.807) is 0 Å². The molecule has 1 aromatic rings. The zero-order valence-electron chi connectivity index (χ0n) is 9.83. The number of rotatable bonds is 3. The molecule has 0 radical (unpaired) electrons. The molecule has 0 heterocycles. The van der Waals surface area contributed by atoms with E-state index in [1.165, 1.54) is 12.0 Å². The Kier molecular flexibility index (Phi) is 3.60. The van der Waals surface area contributed by atoms with E-state index in [-0.39, 0.29) is 5.92 Å². The number of Topliss-reactive ketones (excluding diaryl/α,β-unsaturated/α-hetero) is 1. The monoisotopic (exact) mass is 217 g/mol. The SMILES string of the molecule is CCNc1ccc(C2CCCCC2=O)cc1. The molecule has 0 aliphatic heterocycles. The minimum absolute atomic E-state index is 0.157. The van der Waals surface area contributed by atoms with Gasteiger partial charge >= 0.3 is 0 Å². The molecule has 0 amide bonds. The first-order valence-corrected chi connectivity index (χ1v) is 6.18. The molecule has 1 unspecified atom stereocenters. The van der Waals surface area contributed by atoms with Crippen LogP contribution in [0.2, 0.25) is 0 Å². The molecular weight excluding hydrogens is 198 g/mol. The zero-order valence-corrected chi connectivity index (χ0v) is 9.83. The van der Waals surface area contributed by atoms with E-state index in [0.29, 0.717) is 5.78 Å². The van der Waals surface area contributed by atoms with Crippen LogP contribution in [-0.4, -0.2) is 12.3 Å². The Morgan fingerprint density at radius 1 is 1.25 bits per heavy atom. The fourth-order valence-electron chi connectivity index (χ4n) is 2.37. The quantitative estimate of drug-likeness (QED) is 0.841. The molecule has 86 valence electrons. The number of anilines is 1. The minimum Gasteiger partial charge on any atom is -0.385 e. The molecule has 2 heteroatoms. The fourth-order valence-corrected chi connectivity index (χ4v) is 2.37. The molecule has 0 aromatic heterocycles. The summed E-state index contributed by atoms with van der Waals surface area (Å²) in [4.78, 5) is 11.8. The van der Waals surface area contributed by atoms with Crippen LogP contribution in [0.15, 0.2) is 24.3 Å². The highest BCUT2D eigenvalue weighted by Gasteiger charge is 2.23. The summed E-state index contributed by atoms with van der Waals surface area (Å²) in [6, 6.07) is 8.32. The zero-order chi connectivity index (χ0) is 11.4. The van der Waals surface area contributed by atoms with E-state index in [1.807, 2.05) is 0 Å². The molecule has 1 saturated carbocycles. The second kappa shape index (κ2) is 5.15. The summed E-state index contributed by atoms with van der Waals surface area (Å²) in [5, 5.41) is 3.26. The number of carbonyl (C=O) groups excluding carboxylic acids is 1. The van der Waals surface area contributed by atoms with Crippen molar-refractivity contribution < 1.29 is 4.79 Å². The lowest BCUT2D eigenvalue weighted by molar-refractivity contribution is -0.121. The summed E-state index contributed by atoms with van der Waals surface area (Å²) in [6.45, 7) is 3.01. The van der Waals surface area contributed by atoms with Gasteiger partial charge in [-0.15, -0.1) is 0 Å². The van der Waals surface area contributed by atoms with E-state index < -0.39 is 0 Å². The van der Waals surface area contributed by atoms with Crippen LogP contribution < -0.4 is 5.32 Å². The Morgan fingerprint density at radius 2 is 2.00 bits per heavy atom. The lowest BCUT2D eigenvalue weighted by Crippen LogP contribution is -2.16. The van der Waals surface area contributed by atoms with Gasteiger partial charge in [0.15, 0.2) is 0 Å². The Morgan fingerprint density at radius 3 is 2.62 bits per heavy atom. The summed E-state index contributed by atoms with van der Waals surface area (Å²) in [5.41, 5.74) is 2.32. The number of hydrogen-bond acceptors (Lipinski definition) is 2. The van der Waals surface area contributed by atoms with Crippen LogP contribution in [0.25, 0.3) is 0 Å². The molecule has 0 bridgehead atoms. The van der Waals surface area contributed by atoms with Gasteiger partial charge in [-0.05, 0) is 37.5 Å². The van der Waals surface area contributed by atoms with Gasteiger partial charge in [0, 0.05) is 24.6 Å². The summed E-state index contributed by atoms with van der Waals surface area (Å²) < 4.78 is 0. The molecule has 1 aliphatic rings. The average molecular weight is 217 g/mol. The van der Waals surface area contributed by atoms with Gasteiger partial charge in [0.2, 0.25) is 0 Å². The van der Waals surface area contributed by atoms with Crippen molar-refractivity contribution in [3.05, 3.63) is 29.8 Å². The van der Waals surface area contributed by atoms with E-state index in [0.717, 1.165) is 31.5 Å². The molecule has 1 aliphatic carbocycles. The van der Waals surface area contributed by atoms with E-state index in [9.17, 15) is 4.79 Å². The van der Waals surface area contributed by atoms with Crippen LogP contribution in [-0.2, 0) is 4.79 Å². The van der Waals surface area contributed by atoms with Crippen LogP contribution in [0.4, 0.5) is 5.69 Å². The van der Waals surface area contributed by atoms with E-state index in [2.05, 4.69) is 36.5 Å². The summed E-state index contributed by atoms with van der Waals surface area (Å²) in [6.07, 6.45) is 4.05. The molecule has 1 N–H and O–H groups in total. The third kappa shape index (κ3) is 2.43. The molecule has 1 atom stereocenters. The molecule has 16 heavy (non-hydrogen) atoms. The Labute approximate surface area is 97.1 Å². The fraction of sp³-hybridized carbons (Fsp3) is 0.500. The molecule has 0 saturated heterocycles. The van der Waals surface area contributed by atoms with Gasteiger partial charge in [0.25, 0.3) is 0 Å². The molecule has 2 rings (SSSR count). The largest absolute Gasteiger partial charge is 0.385 e. The lowest BCUT2D eigenvalue weighted by atomic mass is 9.83. The van der Waals surface area contributed by atoms with Crippen molar-refractivity contribution in [3.8, 4) is 0 Å². The smallest absolute Gasteiger partial charge is 0.140 e. The normalized spacial score (nSPS) is 20.8. The van der Waals surface area contributed by atoms with Gasteiger partial charge in [-0.3, -0.25) is 4.79 Å². The third-order valence-corrected chi connectivity index (χ3v) is 3.25. The maximum absolute atomic E-state index is 11.8. The summed E-state index contributed by atoms with van der Waals surface area (Å²) in [7, 11) is 0. The molecule has 2 nitrogen and oxygen atoms in total. The first kappa shape index (κ1) is 11.2. The maximum atomic E-state index is 11.8. The van der Waals surface area contributed by atoms with Gasteiger partial charge in [0.05, 0.1) is 0 Å². The van der Waals surface area contributed by atoms with Gasteiger partial charge in [0.1, 0.15) is 5.78 Å². The van der Waals surface area contributed by atoms with Gasteiger partial charge in [-0.1, -0.05) is 18.6 Å². The number of carbonyl (C=O) groups is 1. The molecule has 1 fully saturated rings. The number of benzene rings is 1. The second-order valence-electron chi connectivity index (χ2n) is 4.42. The Bertz CT molecular complexity index is 356. The first-order chi connectivity index (χ1) is 7.81. The highest BCUT2D eigenvalue weighted by atomic mass is 16.1. The van der Waals surface area contributed by atoms with Crippen molar-refractivity contribution in [1.29, 1.82) is 0 Å². The Hall–Kier alpha value is -1.31. The topological polar surface area (TPSA) is 29.1 Å². The number of nitrogens with one attached hydrogen (secondary N) is 1. The van der Waals surface area contributed by atoms with Crippen LogP contribution in [0.3, 0.4) is 0 Å². The summed E-state index contributed by atoms with van der Waals surface area (Å²) >= 11 is 0. The second-order valence-corrected chi connectivity index (χ2v) is 4.42. The Balaban J connectivity index is 2.11. The maximum Gasteiger partial charge on any atom is 0.140 e. The predicted molar refractivity (Wildman–Crippen MR) is 66.8 cm³/mol. The van der Waals surface area contributed by atoms with E-state index in [4.69, 9.17) is 0 Å². The highest BCUT2D eigenvalue weighted by molar-refractivity contribution is 5.86. The van der Waals surface area contributed by atoms with Crippen LogP contribution in [0.5, 0.6) is 0 Å². The van der Waals surface area contributed by atoms with Gasteiger partial charge in [-0.25, -0.2) is 0 Å². The van der Waals surface area contributed by atoms with Crippen LogP contribution >= 0.6 is 0 Å². The highest BCUT2D eigenvalue weighted by Crippen LogP contribution is 2.30. The van der Waals surface area contributed by atoms with Crippen LogP contribution in [0.1, 0.15) is 44.1 Å². The lowest BCUT2D eigenvalue weighted by Gasteiger charge is -2.21. The average Bonchev–Trinajstić information content (AvgIpc) is 2.31. The molecule has 1 aromatic carbocycles. The third-order valence-electron chi connectivity index (χ3n) is 3.25. The number of ketones is 1. The number of hydrogen-bond donors (Lipinski definition) is 1. The predicted octanol–water partition coefficient (Wildman–Crippen LogP) is 3.35. The minimum atomic E-state index is 0.157. The standard InChI is InChI=1S/C14H19NO/c1-2-15-12-9-7-11(8-10-12)13-5-3-4-6-14(13)16/h7-10,13,15H,2-6H2,1H3.